The topological polar surface area (TPSA) is 59.2 Å². The number of carbonyl (C=O) groups excluding carboxylic acids is 1. The standard InChI is InChI=1S/C13H21N3O/c1-5-16(8-9(2)3)13(17)11-6-10(4)15-12(14)7-11/h6-7,9H,5,8H2,1-4H3,(H2,14,15). The number of hydrogen-bond acceptors (Lipinski definition) is 3. The van der Waals surface area contributed by atoms with Gasteiger partial charge in [0, 0.05) is 24.3 Å². The number of nitrogens with zero attached hydrogens (tertiary/aromatic N) is 2. The Balaban J connectivity index is 2.93. The van der Waals surface area contributed by atoms with Gasteiger partial charge in [0.1, 0.15) is 5.82 Å². The predicted molar refractivity (Wildman–Crippen MR) is 69.8 cm³/mol. The molecule has 0 spiro atoms. The van der Waals surface area contributed by atoms with Crippen LogP contribution in [0, 0.1) is 12.8 Å². The third-order valence-electron chi connectivity index (χ3n) is 2.47. The summed E-state index contributed by atoms with van der Waals surface area (Å²) in [7, 11) is 0. The molecule has 94 valence electrons. The Morgan fingerprint density at radius 2 is 2.12 bits per heavy atom. The number of aryl methyl sites for hydroxylation is 1. The quantitative estimate of drug-likeness (QED) is 0.869. The Morgan fingerprint density at radius 1 is 1.47 bits per heavy atom. The lowest BCUT2D eigenvalue weighted by Crippen LogP contribution is -2.34. The Hall–Kier alpha value is -1.58. The molecule has 1 rings (SSSR count). The Kier molecular flexibility index (Phi) is 4.49. The van der Waals surface area contributed by atoms with Gasteiger partial charge in [-0.25, -0.2) is 4.98 Å². The molecule has 0 unspecified atom stereocenters. The summed E-state index contributed by atoms with van der Waals surface area (Å²) in [5.41, 5.74) is 7.05. The van der Waals surface area contributed by atoms with Gasteiger partial charge in [-0.1, -0.05) is 13.8 Å². The highest BCUT2D eigenvalue weighted by atomic mass is 16.2. The first-order valence-corrected chi connectivity index (χ1v) is 5.97. The van der Waals surface area contributed by atoms with E-state index in [1.165, 1.54) is 0 Å². The highest BCUT2D eigenvalue weighted by molar-refractivity contribution is 5.94. The summed E-state index contributed by atoms with van der Waals surface area (Å²) in [6.07, 6.45) is 0. The summed E-state index contributed by atoms with van der Waals surface area (Å²) >= 11 is 0. The summed E-state index contributed by atoms with van der Waals surface area (Å²) in [6.45, 7) is 9.49. The number of amides is 1. The highest BCUT2D eigenvalue weighted by Crippen LogP contribution is 2.11. The fourth-order valence-electron chi connectivity index (χ4n) is 1.80. The lowest BCUT2D eigenvalue weighted by atomic mass is 10.1. The molecule has 1 aromatic heterocycles. The molecule has 4 heteroatoms. The first kappa shape index (κ1) is 13.5. The monoisotopic (exact) mass is 235 g/mol. The zero-order valence-electron chi connectivity index (χ0n) is 11.0. The lowest BCUT2D eigenvalue weighted by Gasteiger charge is -2.23. The van der Waals surface area contributed by atoms with Gasteiger partial charge < -0.3 is 10.6 Å². The van der Waals surface area contributed by atoms with Crippen LogP contribution in [0.5, 0.6) is 0 Å². The van der Waals surface area contributed by atoms with Gasteiger partial charge in [-0.05, 0) is 31.9 Å². The van der Waals surface area contributed by atoms with Crippen molar-refractivity contribution >= 4 is 11.7 Å². The van der Waals surface area contributed by atoms with E-state index in [2.05, 4.69) is 18.8 Å². The number of rotatable bonds is 4. The molecule has 4 nitrogen and oxygen atoms in total. The van der Waals surface area contributed by atoms with E-state index < -0.39 is 0 Å². The highest BCUT2D eigenvalue weighted by Gasteiger charge is 2.16. The SMILES string of the molecule is CCN(CC(C)C)C(=O)c1cc(C)nc(N)c1. The zero-order chi connectivity index (χ0) is 13.0. The Morgan fingerprint density at radius 3 is 2.59 bits per heavy atom. The molecule has 0 radical (unpaired) electrons. The third-order valence-corrected chi connectivity index (χ3v) is 2.47. The maximum atomic E-state index is 12.3. The van der Waals surface area contributed by atoms with Crippen LogP contribution < -0.4 is 5.73 Å². The van der Waals surface area contributed by atoms with Crippen molar-refractivity contribution in [2.75, 3.05) is 18.8 Å². The minimum atomic E-state index is 0.0263. The van der Waals surface area contributed by atoms with Crippen LogP contribution in [-0.4, -0.2) is 28.9 Å². The second-order valence-corrected chi connectivity index (χ2v) is 4.66. The second-order valence-electron chi connectivity index (χ2n) is 4.66. The molecule has 0 bridgehead atoms. The van der Waals surface area contributed by atoms with E-state index in [1.807, 2.05) is 18.7 Å². The molecule has 0 aliphatic rings. The molecule has 1 heterocycles. The fourth-order valence-corrected chi connectivity index (χ4v) is 1.80. The zero-order valence-corrected chi connectivity index (χ0v) is 11.0. The van der Waals surface area contributed by atoms with Crippen LogP contribution in [0.15, 0.2) is 12.1 Å². The third kappa shape index (κ3) is 3.73. The van der Waals surface area contributed by atoms with E-state index in [1.54, 1.807) is 12.1 Å². The van der Waals surface area contributed by atoms with Gasteiger partial charge in [0.15, 0.2) is 0 Å². The van der Waals surface area contributed by atoms with Crippen LogP contribution in [0.2, 0.25) is 0 Å². The van der Waals surface area contributed by atoms with Crippen LogP contribution in [0.4, 0.5) is 5.82 Å². The molecule has 0 aliphatic carbocycles. The van der Waals surface area contributed by atoms with E-state index in [0.29, 0.717) is 23.8 Å². The van der Waals surface area contributed by atoms with Gasteiger partial charge in [-0.15, -0.1) is 0 Å². The summed E-state index contributed by atoms with van der Waals surface area (Å²) < 4.78 is 0. The van der Waals surface area contributed by atoms with Gasteiger partial charge in [0.05, 0.1) is 0 Å². The van der Waals surface area contributed by atoms with Crippen molar-refractivity contribution in [1.29, 1.82) is 0 Å². The first-order chi connectivity index (χ1) is 7.93. The molecule has 1 amide bonds. The van der Waals surface area contributed by atoms with Crippen LogP contribution in [-0.2, 0) is 0 Å². The smallest absolute Gasteiger partial charge is 0.254 e. The van der Waals surface area contributed by atoms with Crippen molar-refractivity contribution in [3.8, 4) is 0 Å². The number of pyridine rings is 1. The van der Waals surface area contributed by atoms with Crippen molar-refractivity contribution in [3.63, 3.8) is 0 Å². The lowest BCUT2D eigenvalue weighted by molar-refractivity contribution is 0.0745. The molecule has 17 heavy (non-hydrogen) atoms. The summed E-state index contributed by atoms with van der Waals surface area (Å²) in [4.78, 5) is 18.2. The fraction of sp³-hybridized carbons (Fsp3) is 0.538. The number of aromatic nitrogens is 1. The van der Waals surface area contributed by atoms with Gasteiger partial charge >= 0.3 is 0 Å². The van der Waals surface area contributed by atoms with E-state index >= 15 is 0 Å². The van der Waals surface area contributed by atoms with E-state index in [-0.39, 0.29) is 5.91 Å². The maximum absolute atomic E-state index is 12.3. The first-order valence-electron chi connectivity index (χ1n) is 5.97. The summed E-state index contributed by atoms with van der Waals surface area (Å²) in [6, 6.07) is 3.42. The Bertz CT molecular complexity index is 381. The number of nitrogens with two attached hydrogens (primary N) is 1. The molecule has 0 saturated carbocycles. The van der Waals surface area contributed by atoms with Gasteiger partial charge in [0.25, 0.3) is 5.91 Å². The van der Waals surface area contributed by atoms with Crippen molar-refractivity contribution < 1.29 is 4.79 Å². The minimum Gasteiger partial charge on any atom is -0.384 e. The van der Waals surface area contributed by atoms with E-state index in [0.717, 1.165) is 12.2 Å². The average molecular weight is 235 g/mol. The van der Waals surface area contributed by atoms with Crippen LogP contribution in [0.3, 0.4) is 0 Å². The number of anilines is 1. The minimum absolute atomic E-state index is 0.0263. The molecule has 0 aliphatic heterocycles. The molecule has 2 N–H and O–H groups in total. The molecule has 0 aromatic carbocycles. The molecule has 1 aromatic rings. The van der Waals surface area contributed by atoms with E-state index in [4.69, 9.17) is 5.73 Å². The van der Waals surface area contributed by atoms with Crippen molar-refractivity contribution in [1.82, 2.24) is 9.88 Å². The molecule has 0 fully saturated rings. The second kappa shape index (κ2) is 5.66. The van der Waals surface area contributed by atoms with Gasteiger partial charge in [-0.2, -0.15) is 0 Å². The Labute approximate surface area is 103 Å². The van der Waals surface area contributed by atoms with Crippen LogP contribution >= 0.6 is 0 Å². The van der Waals surface area contributed by atoms with Crippen LogP contribution in [0.25, 0.3) is 0 Å². The number of hydrogen-bond donors (Lipinski definition) is 1. The summed E-state index contributed by atoms with van der Waals surface area (Å²) in [5, 5.41) is 0. The molecular formula is C13H21N3O. The normalized spacial score (nSPS) is 10.6. The molecule has 0 saturated heterocycles. The predicted octanol–water partition coefficient (Wildman–Crippen LogP) is 2.09. The number of nitrogen functional groups attached to an aromatic ring is 1. The van der Waals surface area contributed by atoms with Gasteiger partial charge in [0.2, 0.25) is 0 Å². The average Bonchev–Trinajstić information content (AvgIpc) is 2.23. The van der Waals surface area contributed by atoms with Crippen molar-refractivity contribution in [3.05, 3.63) is 23.4 Å². The molecular weight excluding hydrogens is 214 g/mol. The maximum Gasteiger partial charge on any atom is 0.254 e. The number of carbonyl (C=O) groups is 1. The van der Waals surface area contributed by atoms with Crippen LogP contribution in [0.1, 0.15) is 36.8 Å². The van der Waals surface area contributed by atoms with Gasteiger partial charge in [-0.3, -0.25) is 4.79 Å². The molecule has 0 atom stereocenters. The largest absolute Gasteiger partial charge is 0.384 e. The van der Waals surface area contributed by atoms with Crippen molar-refractivity contribution in [2.45, 2.75) is 27.7 Å². The van der Waals surface area contributed by atoms with E-state index in [9.17, 15) is 4.79 Å². The summed E-state index contributed by atoms with van der Waals surface area (Å²) in [5.74, 6) is 0.881. The van der Waals surface area contributed by atoms with Crippen molar-refractivity contribution in [2.24, 2.45) is 5.92 Å².